The van der Waals surface area contributed by atoms with Crippen LogP contribution >= 0.6 is 0 Å². The summed E-state index contributed by atoms with van der Waals surface area (Å²) in [5, 5.41) is 0. The van der Waals surface area contributed by atoms with Gasteiger partial charge in [-0.05, 0) is 49.1 Å². The van der Waals surface area contributed by atoms with E-state index in [-0.39, 0.29) is 17.8 Å². The number of carbonyl (C=O) groups excluding carboxylic acids is 1. The molecule has 2 aromatic carbocycles. The Bertz CT molecular complexity index is 760. The Morgan fingerprint density at radius 2 is 1.92 bits per heavy atom. The van der Waals surface area contributed by atoms with Crippen LogP contribution in [0.2, 0.25) is 0 Å². The standard InChI is InChI=1S/C21H24FNO3/c1-25-17-10-11-18(20(14-17)26-2)19-4-3-13-23(19)21(24)12-7-15-5-8-16(22)9-6-15/h5-6,8-11,14,19H,3-4,7,12-13H2,1-2H3. The van der Waals surface area contributed by atoms with Gasteiger partial charge in [-0.2, -0.15) is 0 Å². The Morgan fingerprint density at radius 1 is 1.15 bits per heavy atom. The molecule has 1 aliphatic rings. The van der Waals surface area contributed by atoms with Gasteiger partial charge in [-0.25, -0.2) is 4.39 Å². The summed E-state index contributed by atoms with van der Waals surface area (Å²) in [7, 11) is 3.25. The van der Waals surface area contributed by atoms with Crippen LogP contribution in [0, 0.1) is 5.82 Å². The van der Waals surface area contributed by atoms with Gasteiger partial charge in [-0.15, -0.1) is 0 Å². The number of rotatable bonds is 6. The molecule has 1 saturated heterocycles. The van der Waals surface area contributed by atoms with Crippen molar-refractivity contribution in [3.05, 3.63) is 59.4 Å². The molecule has 1 unspecified atom stereocenters. The van der Waals surface area contributed by atoms with Crippen molar-refractivity contribution in [1.29, 1.82) is 0 Å². The van der Waals surface area contributed by atoms with Gasteiger partial charge in [0.2, 0.25) is 5.91 Å². The van der Waals surface area contributed by atoms with E-state index in [1.807, 2.05) is 23.1 Å². The maximum Gasteiger partial charge on any atom is 0.223 e. The molecule has 1 atom stereocenters. The number of benzene rings is 2. The lowest BCUT2D eigenvalue weighted by Gasteiger charge is -2.26. The number of aryl methyl sites for hydroxylation is 1. The third kappa shape index (κ3) is 3.98. The zero-order valence-corrected chi connectivity index (χ0v) is 15.2. The molecule has 138 valence electrons. The number of carbonyl (C=O) groups is 1. The molecule has 1 aliphatic heterocycles. The van der Waals surface area contributed by atoms with Gasteiger partial charge in [0.05, 0.1) is 20.3 Å². The summed E-state index contributed by atoms with van der Waals surface area (Å²) in [6.45, 7) is 0.752. The molecule has 0 aliphatic carbocycles. The predicted octanol–water partition coefficient (Wildman–Crippen LogP) is 4.14. The number of amides is 1. The number of halogens is 1. The van der Waals surface area contributed by atoms with Crippen molar-refractivity contribution in [3.8, 4) is 11.5 Å². The normalized spacial score (nSPS) is 16.6. The molecule has 0 spiro atoms. The van der Waals surface area contributed by atoms with Crippen LogP contribution in [0.3, 0.4) is 0 Å². The monoisotopic (exact) mass is 357 g/mol. The molecule has 26 heavy (non-hydrogen) atoms. The number of hydrogen-bond donors (Lipinski definition) is 0. The van der Waals surface area contributed by atoms with Crippen molar-refractivity contribution in [1.82, 2.24) is 4.90 Å². The first kappa shape index (κ1) is 18.2. The van der Waals surface area contributed by atoms with Gasteiger partial charge in [-0.3, -0.25) is 4.79 Å². The molecule has 1 fully saturated rings. The van der Waals surface area contributed by atoms with E-state index in [0.717, 1.165) is 42.0 Å². The summed E-state index contributed by atoms with van der Waals surface area (Å²) >= 11 is 0. The molecular formula is C21H24FNO3. The van der Waals surface area contributed by atoms with Crippen molar-refractivity contribution in [3.63, 3.8) is 0 Å². The first-order valence-electron chi connectivity index (χ1n) is 8.88. The van der Waals surface area contributed by atoms with E-state index in [1.165, 1.54) is 12.1 Å². The van der Waals surface area contributed by atoms with Crippen molar-refractivity contribution >= 4 is 5.91 Å². The van der Waals surface area contributed by atoms with Gasteiger partial charge < -0.3 is 14.4 Å². The van der Waals surface area contributed by atoms with Gasteiger partial charge in [0, 0.05) is 24.6 Å². The van der Waals surface area contributed by atoms with Crippen molar-refractivity contribution < 1.29 is 18.7 Å². The SMILES string of the molecule is COc1ccc(C2CCCN2C(=O)CCc2ccc(F)cc2)c(OC)c1. The molecule has 5 heteroatoms. The maximum atomic E-state index is 13.0. The average molecular weight is 357 g/mol. The smallest absolute Gasteiger partial charge is 0.223 e. The van der Waals surface area contributed by atoms with Gasteiger partial charge in [0.25, 0.3) is 0 Å². The van der Waals surface area contributed by atoms with Gasteiger partial charge >= 0.3 is 0 Å². The van der Waals surface area contributed by atoms with E-state index in [9.17, 15) is 9.18 Å². The van der Waals surface area contributed by atoms with Crippen molar-refractivity contribution in [2.75, 3.05) is 20.8 Å². The highest BCUT2D eigenvalue weighted by Crippen LogP contribution is 2.39. The minimum Gasteiger partial charge on any atom is -0.497 e. The molecule has 0 radical (unpaired) electrons. The van der Waals surface area contributed by atoms with E-state index in [0.29, 0.717) is 12.8 Å². The summed E-state index contributed by atoms with van der Waals surface area (Å²) in [5.41, 5.74) is 1.98. The second kappa shape index (κ2) is 8.21. The molecule has 0 aromatic heterocycles. The zero-order valence-electron chi connectivity index (χ0n) is 15.2. The first-order chi connectivity index (χ1) is 12.6. The molecule has 0 bridgehead atoms. The molecule has 1 heterocycles. The number of nitrogens with zero attached hydrogens (tertiary/aromatic N) is 1. The van der Waals surface area contributed by atoms with E-state index < -0.39 is 0 Å². The minimum atomic E-state index is -0.258. The first-order valence-corrected chi connectivity index (χ1v) is 8.88. The van der Waals surface area contributed by atoms with Crippen LogP contribution in [0.4, 0.5) is 4.39 Å². The van der Waals surface area contributed by atoms with Crippen LogP contribution in [0.1, 0.15) is 36.4 Å². The third-order valence-corrected chi connectivity index (χ3v) is 4.91. The van der Waals surface area contributed by atoms with Crippen LogP contribution in [0.5, 0.6) is 11.5 Å². The van der Waals surface area contributed by atoms with E-state index in [4.69, 9.17) is 9.47 Å². The molecular weight excluding hydrogens is 333 g/mol. The molecule has 1 amide bonds. The largest absolute Gasteiger partial charge is 0.497 e. The lowest BCUT2D eigenvalue weighted by molar-refractivity contribution is -0.132. The molecule has 0 N–H and O–H groups in total. The Kier molecular flexibility index (Phi) is 5.76. The number of hydrogen-bond acceptors (Lipinski definition) is 3. The van der Waals surface area contributed by atoms with Crippen LogP contribution < -0.4 is 9.47 Å². The van der Waals surface area contributed by atoms with Gasteiger partial charge in [-0.1, -0.05) is 12.1 Å². The maximum absolute atomic E-state index is 13.0. The highest BCUT2D eigenvalue weighted by atomic mass is 19.1. The van der Waals surface area contributed by atoms with Crippen LogP contribution in [-0.4, -0.2) is 31.6 Å². The predicted molar refractivity (Wildman–Crippen MR) is 98.0 cm³/mol. The Hall–Kier alpha value is -2.56. The van der Waals surface area contributed by atoms with Gasteiger partial charge in [0.1, 0.15) is 17.3 Å². The topological polar surface area (TPSA) is 38.8 Å². The van der Waals surface area contributed by atoms with Crippen molar-refractivity contribution in [2.45, 2.75) is 31.7 Å². The average Bonchev–Trinajstić information content (AvgIpc) is 3.16. The molecule has 2 aromatic rings. The fraction of sp³-hybridized carbons (Fsp3) is 0.381. The molecule has 4 nitrogen and oxygen atoms in total. The quantitative estimate of drug-likeness (QED) is 0.780. The molecule has 3 rings (SSSR count). The highest BCUT2D eigenvalue weighted by Gasteiger charge is 2.31. The summed E-state index contributed by atoms with van der Waals surface area (Å²) in [6, 6.07) is 12.1. The lowest BCUT2D eigenvalue weighted by Crippen LogP contribution is -2.30. The van der Waals surface area contributed by atoms with Crippen LogP contribution in [0.25, 0.3) is 0 Å². The highest BCUT2D eigenvalue weighted by molar-refractivity contribution is 5.77. The van der Waals surface area contributed by atoms with Crippen LogP contribution in [0.15, 0.2) is 42.5 Å². The van der Waals surface area contributed by atoms with E-state index >= 15 is 0 Å². The second-order valence-corrected chi connectivity index (χ2v) is 6.48. The Morgan fingerprint density at radius 3 is 2.62 bits per heavy atom. The minimum absolute atomic E-state index is 0.0246. The number of ether oxygens (including phenoxy) is 2. The van der Waals surface area contributed by atoms with E-state index in [2.05, 4.69) is 0 Å². The third-order valence-electron chi connectivity index (χ3n) is 4.91. The van der Waals surface area contributed by atoms with Gasteiger partial charge in [0.15, 0.2) is 0 Å². The Balaban J connectivity index is 1.71. The summed E-state index contributed by atoms with van der Waals surface area (Å²) in [4.78, 5) is 14.7. The second-order valence-electron chi connectivity index (χ2n) is 6.48. The summed E-state index contributed by atoms with van der Waals surface area (Å²) in [5.74, 6) is 1.34. The van der Waals surface area contributed by atoms with E-state index in [1.54, 1.807) is 26.4 Å². The summed E-state index contributed by atoms with van der Waals surface area (Å²) < 4.78 is 23.8. The lowest BCUT2D eigenvalue weighted by atomic mass is 10.0. The van der Waals surface area contributed by atoms with Crippen LogP contribution in [-0.2, 0) is 11.2 Å². The number of likely N-dealkylation sites (tertiary alicyclic amines) is 1. The fourth-order valence-corrected chi connectivity index (χ4v) is 3.53. The number of methoxy groups -OCH3 is 2. The molecule has 0 saturated carbocycles. The van der Waals surface area contributed by atoms with Crippen molar-refractivity contribution in [2.24, 2.45) is 0 Å². The Labute approximate surface area is 153 Å². The zero-order chi connectivity index (χ0) is 18.5. The fourth-order valence-electron chi connectivity index (χ4n) is 3.53. The summed E-state index contributed by atoms with van der Waals surface area (Å²) in [6.07, 6.45) is 2.93.